The Morgan fingerprint density at radius 1 is 0.863 bits per heavy atom. The van der Waals surface area contributed by atoms with Crippen LogP contribution < -0.4 is 5.32 Å². The van der Waals surface area contributed by atoms with Gasteiger partial charge in [-0.25, -0.2) is 5.10 Å². The number of likely N-dealkylation sites (tertiary alicyclic amines) is 1. The fraction of sp³-hybridized carbons (Fsp3) is 0.541. The van der Waals surface area contributed by atoms with Gasteiger partial charge in [0.05, 0.1) is 18.0 Å². The van der Waals surface area contributed by atoms with Crippen molar-refractivity contribution in [1.29, 1.82) is 5.26 Å². The fourth-order valence-electron chi connectivity index (χ4n) is 8.25. The zero-order chi connectivity index (χ0) is 35.5. The normalized spacial score (nSPS) is 20.7. The average Bonchev–Trinajstić information content (AvgIpc) is 3.86. The largest absolute Gasteiger partial charge is 0.336 e. The number of nitrogens with one attached hydrogen (secondary N) is 2. The molecule has 3 aliphatic heterocycles. The minimum atomic E-state index is -0.867. The second-order valence-electron chi connectivity index (χ2n) is 14.4. The van der Waals surface area contributed by atoms with Crippen molar-refractivity contribution in [3.63, 3.8) is 0 Å². The third-order valence-corrected chi connectivity index (χ3v) is 11.3. The Morgan fingerprint density at radius 2 is 1.43 bits per heavy atom. The quantitative estimate of drug-likeness (QED) is 0.325. The summed E-state index contributed by atoms with van der Waals surface area (Å²) in [4.78, 5) is 50.6. The number of aryl methyl sites for hydroxylation is 2. The Labute approximate surface area is 298 Å². The molecule has 3 amide bonds. The van der Waals surface area contributed by atoms with Gasteiger partial charge in [0.2, 0.25) is 5.91 Å². The lowest BCUT2D eigenvalue weighted by atomic mass is 9.69. The lowest BCUT2D eigenvalue weighted by Gasteiger charge is -2.35. The smallest absolute Gasteiger partial charge is 0.253 e. The summed E-state index contributed by atoms with van der Waals surface area (Å²) in [6.45, 7) is 7.26. The van der Waals surface area contributed by atoms with Gasteiger partial charge in [0.1, 0.15) is 6.04 Å². The summed E-state index contributed by atoms with van der Waals surface area (Å²) in [5.41, 5.74) is 4.48. The van der Waals surface area contributed by atoms with Gasteiger partial charge in [-0.15, -0.1) is 5.10 Å². The van der Waals surface area contributed by atoms with Crippen molar-refractivity contribution >= 4 is 17.7 Å². The van der Waals surface area contributed by atoms with Gasteiger partial charge >= 0.3 is 0 Å². The topological polar surface area (TPSA) is 158 Å². The number of likely N-dealkylation sites (N-methyl/N-ethyl adjacent to an activating group) is 2. The van der Waals surface area contributed by atoms with E-state index in [1.54, 1.807) is 4.90 Å². The number of tetrazole rings is 1. The molecule has 14 nitrogen and oxygen atoms in total. The van der Waals surface area contributed by atoms with Crippen LogP contribution in [0.15, 0.2) is 36.4 Å². The van der Waals surface area contributed by atoms with E-state index in [9.17, 15) is 19.6 Å². The summed E-state index contributed by atoms with van der Waals surface area (Å²) >= 11 is 0. The first-order valence-corrected chi connectivity index (χ1v) is 18.1. The molecule has 3 aromatic rings. The molecule has 2 aromatic carbocycles. The highest BCUT2D eigenvalue weighted by Gasteiger charge is 2.44. The number of amides is 3. The summed E-state index contributed by atoms with van der Waals surface area (Å²) < 4.78 is 0. The molecule has 4 heterocycles. The van der Waals surface area contributed by atoms with Crippen molar-refractivity contribution in [1.82, 2.24) is 50.4 Å². The summed E-state index contributed by atoms with van der Waals surface area (Å²) in [6, 6.07) is 13.9. The van der Waals surface area contributed by atoms with Crippen molar-refractivity contribution < 1.29 is 14.4 Å². The van der Waals surface area contributed by atoms with Crippen LogP contribution in [-0.4, -0.2) is 155 Å². The summed E-state index contributed by atoms with van der Waals surface area (Å²) in [5, 5.41) is 28.5. The predicted octanol–water partition coefficient (Wildman–Crippen LogP) is 0.902. The van der Waals surface area contributed by atoms with Gasteiger partial charge in [0, 0.05) is 70.0 Å². The van der Waals surface area contributed by atoms with E-state index in [2.05, 4.69) is 55.9 Å². The maximum Gasteiger partial charge on any atom is 0.253 e. The van der Waals surface area contributed by atoms with Gasteiger partial charge in [-0.1, -0.05) is 12.1 Å². The minimum absolute atomic E-state index is 0.0254. The Hall–Kier alpha value is -4.71. The standard InChI is InChI=1S/C37H47N11O3/c1-44-14-18-46(19-15-44)34(50)28-7-9-31-26(22-28)5-6-27-23-29(35(51)47-20-16-45(2)17-21-47)8-10-32(27)37(31,36-40-42-43-41-36)11-12-39-25-33(49)48-13-3-4-30(48)24-38/h7-10,22-23,30,39H,3-6,11-21,25H2,1-2H3,(H,40,41,42,43). The number of carbonyl (C=O) groups excluding carboxylic acids is 3. The molecule has 2 N–H and O–H groups in total. The molecule has 1 aromatic heterocycles. The number of rotatable bonds is 8. The summed E-state index contributed by atoms with van der Waals surface area (Å²) in [6.07, 6.45) is 3.36. The van der Waals surface area contributed by atoms with Crippen LogP contribution in [0.4, 0.5) is 0 Å². The number of fused-ring (bicyclic) bond motifs is 2. The van der Waals surface area contributed by atoms with Crippen LogP contribution in [-0.2, 0) is 23.1 Å². The Morgan fingerprint density at radius 3 is 1.94 bits per heavy atom. The SMILES string of the molecule is CN1CCN(C(=O)c2ccc3c(c2)CCc2cc(C(=O)N4CCN(C)CC4)ccc2C3(CCNCC(=O)N2CCCC2C#N)c2nnn[nH]2)CC1. The minimum Gasteiger partial charge on any atom is -0.336 e. The van der Waals surface area contributed by atoms with E-state index in [1.807, 2.05) is 46.2 Å². The van der Waals surface area contributed by atoms with Gasteiger partial charge in [0.25, 0.3) is 11.8 Å². The molecule has 1 aliphatic carbocycles. The molecular weight excluding hydrogens is 646 g/mol. The highest BCUT2D eigenvalue weighted by atomic mass is 16.2. The van der Waals surface area contributed by atoms with Crippen LogP contribution in [0.25, 0.3) is 0 Å². The number of nitrogens with zero attached hydrogens (tertiary/aromatic N) is 9. The number of hydrogen-bond donors (Lipinski definition) is 2. The molecule has 4 aliphatic rings. The lowest BCUT2D eigenvalue weighted by Crippen LogP contribution is -2.47. The Kier molecular flexibility index (Phi) is 10.1. The maximum atomic E-state index is 13.8. The first-order chi connectivity index (χ1) is 24.8. The van der Waals surface area contributed by atoms with Crippen molar-refractivity contribution in [2.24, 2.45) is 0 Å². The molecule has 51 heavy (non-hydrogen) atoms. The number of aromatic nitrogens is 4. The molecule has 268 valence electrons. The molecule has 3 fully saturated rings. The van der Waals surface area contributed by atoms with Gasteiger partial charge in [-0.05, 0) is 110 Å². The van der Waals surface area contributed by atoms with Crippen molar-refractivity contribution in [3.05, 3.63) is 75.6 Å². The number of H-pyrrole nitrogens is 1. The highest BCUT2D eigenvalue weighted by molar-refractivity contribution is 5.95. The zero-order valence-corrected chi connectivity index (χ0v) is 29.6. The zero-order valence-electron chi connectivity index (χ0n) is 29.6. The molecular formula is C37H47N11O3. The molecule has 7 rings (SSSR count). The monoisotopic (exact) mass is 693 g/mol. The van der Waals surface area contributed by atoms with Crippen molar-refractivity contribution in [2.75, 3.05) is 86.1 Å². The third-order valence-electron chi connectivity index (χ3n) is 11.3. The van der Waals surface area contributed by atoms with E-state index in [0.29, 0.717) is 81.9 Å². The predicted molar refractivity (Wildman–Crippen MR) is 189 cm³/mol. The summed E-state index contributed by atoms with van der Waals surface area (Å²) in [5.74, 6) is 0.519. The van der Waals surface area contributed by atoms with Crippen LogP contribution in [0.3, 0.4) is 0 Å². The number of nitriles is 1. The molecule has 3 saturated heterocycles. The molecule has 1 atom stereocenters. The number of benzene rings is 2. The van der Waals surface area contributed by atoms with Gasteiger partial charge in [0.15, 0.2) is 5.82 Å². The Balaban J connectivity index is 1.24. The van der Waals surface area contributed by atoms with E-state index in [0.717, 1.165) is 54.9 Å². The maximum absolute atomic E-state index is 13.8. The van der Waals surface area contributed by atoms with E-state index in [1.165, 1.54) is 0 Å². The second kappa shape index (κ2) is 14.9. The van der Waals surface area contributed by atoms with Crippen LogP contribution in [0.1, 0.15) is 68.1 Å². The van der Waals surface area contributed by atoms with Gasteiger partial charge < -0.3 is 29.8 Å². The van der Waals surface area contributed by atoms with Crippen LogP contribution in [0.2, 0.25) is 0 Å². The Bertz CT molecular complexity index is 1700. The van der Waals surface area contributed by atoms with E-state index in [-0.39, 0.29) is 30.3 Å². The highest BCUT2D eigenvalue weighted by Crippen LogP contribution is 2.46. The molecule has 1 unspecified atom stereocenters. The van der Waals surface area contributed by atoms with Crippen LogP contribution >= 0.6 is 0 Å². The van der Waals surface area contributed by atoms with Gasteiger partial charge in [-0.3, -0.25) is 14.4 Å². The van der Waals surface area contributed by atoms with E-state index in [4.69, 9.17) is 0 Å². The molecule has 0 bridgehead atoms. The second-order valence-corrected chi connectivity index (χ2v) is 14.4. The number of piperazine rings is 2. The van der Waals surface area contributed by atoms with Gasteiger partial charge in [-0.2, -0.15) is 5.26 Å². The lowest BCUT2D eigenvalue weighted by molar-refractivity contribution is -0.130. The third kappa shape index (κ3) is 6.85. The van der Waals surface area contributed by atoms with Crippen LogP contribution in [0, 0.1) is 11.3 Å². The summed E-state index contributed by atoms with van der Waals surface area (Å²) in [7, 11) is 4.15. The number of carbonyl (C=O) groups is 3. The van der Waals surface area contributed by atoms with E-state index >= 15 is 0 Å². The van der Waals surface area contributed by atoms with Crippen molar-refractivity contribution in [3.8, 4) is 6.07 Å². The first kappa shape index (κ1) is 34.7. The van der Waals surface area contributed by atoms with Crippen molar-refractivity contribution in [2.45, 2.75) is 43.6 Å². The number of hydrogen-bond acceptors (Lipinski definition) is 10. The number of aromatic amines is 1. The van der Waals surface area contributed by atoms with E-state index < -0.39 is 5.41 Å². The molecule has 0 saturated carbocycles. The fourth-order valence-corrected chi connectivity index (χ4v) is 8.25. The molecule has 0 spiro atoms. The van der Waals surface area contributed by atoms with Crippen LogP contribution in [0.5, 0.6) is 0 Å². The molecule has 0 radical (unpaired) electrons. The first-order valence-electron chi connectivity index (χ1n) is 18.1. The average molecular weight is 694 g/mol. The molecule has 14 heteroatoms.